The van der Waals surface area contributed by atoms with E-state index in [2.05, 4.69) is 22.1 Å². The first kappa shape index (κ1) is 13.9. The normalized spacial score (nSPS) is 14.3. The van der Waals surface area contributed by atoms with Crippen molar-refractivity contribution in [3.05, 3.63) is 35.0 Å². The Morgan fingerprint density at radius 2 is 2.05 bits per heavy atom. The molecule has 1 fully saturated rings. The van der Waals surface area contributed by atoms with Gasteiger partial charge < -0.3 is 14.6 Å². The molecule has 2 heterocycles. The summed E-state index contributed by atoms with van der Waals surface area (Å²) in [5.74, 6) is 5.28. The summed E-state index contributed by atoms with van der Waals surface area (Å²) in [6.45, 7) is 4.73. The van der Waals surface area contributed by atoms with Gasteiger partial charge in [0.15, 0.2) is 0 Å². The first-order chi connectivity index (χ1) is 10.1. The first-order valence-corrected chi connectivity index (χ1v) is 7.41. The van der Waals surface area contributed by atoms with E-state index in [0.717, 1.165) is 34.5 Å². The Kier molecular flexibility index (Phi) is 3.57. The van der Waals surface area contributed by atoms with Crippen molar-refractivity contribution in [2.75, 3.05) is 24.3 Å². The van der Waals surface area contributed by atoms with Crippen molar-refractivity contribution in [3.8, 4) is 0 Å². The van der Waals surface area contributed by atoms with Gasteiger partial charge in [0.25, 0.3) is 0 Å². The number of furan rings is 1. The maximum atomic E-state index is 5.66. The fourth-order valence-electron chi connectivity index (χ4n) is 2.54. The van der Waals surface area contributed by atoms with E-state index in [0.29, 0.717) is 12.5 Å². The highest BCUT2D eigenvalue weighted by Crippen LogP contribution is 2.40. The zero-order valence-corrected chi connectivity index (χ0v) is 13.1. The predicted octanol–water partition coefficient (Wildman–Crippen LogP) is 3.24. The summed E-state index contributed by atoms with van der Waals surface area (Å²) < 4.78 is 5.66. The molecule has 1 N–H and O–H groups in total. The van der Waals surface area contributed by atoms with Gasteiger partial charge in [-0.05, 0) is 38.8 Å². The predicted molar refractivity (Wildman–Crippen MR) is 83.8 cm³/mol. The van der Waals surface area contributed by atoms with Crippen molar-refractivity contribution in [1.29, 1.82) is 0 Å². The largest absolute Gasteiger partial charge is 0.464 e. The molecule has 3 rings (SSSR count). The molecule has 0 atom stereocenters. The molecule has 0 aromatic carbocycles. The van der Waals surface area contributed by atoms with Gasteiger partial charge in [-0.2, -0.15) is 0 Å². The molecule has 5 heteroatoms. The van der Waals surface area contributed by atoms with Crippen LogP contribution in [0.15, 0.2) is 16.5 Å². The highest BCUT2D eigenvalue weighted by atomic mass is 16.3. The molecule has 2 aromatic rings. The van der Waals surface area contributed by atoms with Gasteiger partial charge >= 0.3 is 0 Å². The van der Waals surface area contributed by atoms with E-state index in [9.17, 15) is 0 Å². The number of rotatable bonds is 5. The lowest BCUT2D eigenvalue weighted by molar-refractivity contribution is 0.481. The van der Waals surface area contributed by atoms with E-state index < -0.39 is 0 Å². The second kappa shape index (κ2) is 5.39. The molecule has 21 heavy (non-hydrogen) atoms. The number of anilines is 2. The van der Waals surface area contributed by atoms with Gasteiger partial charge in [0.2, 0.25) is 0 Å². The Morgan fingerprint density at radius 3 is 2.62 bits per heavy atom. The van der Waals surface area contributed by atoms with Crippen LogP contribution >= 0.6 is 0 Å². The van der Waals surface area contributed by atoms with Crippen LogP contribution in [0.2, 0.25) is 0 Å². The lowest BCUT2D eigenvalue weighted by atomic mass is 10.2. The van der Waals surface area contributed by atoms with E-state index in [4.69, 9.17) is 9.40 Å². The summed E-state index contributed by atoms with van der Waals surface area (Å²) in [5.41, 5.74) is 1.08. The Balaban J connectivity index is 1.90. The van der Waals surface area contributed by atoms with Gasteiger partial charge in [-0.1, -0.05) is 0 Å². The zero-order chi connectivity index (χ0) is 15.0. The quantitative estimate of drug-likeness (QED) is 0.914. The summed E-state index contributed by atoms with van der Waals surface area (Å²) in [6, 6.07) is 4.01. The third-order valence-electron chi connectivity index (χ3n) is 3.87. The van der Waals surface area contributed by atoms with E-state index in [1.54, 1.807) is 0 Å². The van der Waals surface area contributed by atoms with Gasteiger partial charge in [-0.3, -0.25) is 0 Å². The van der Waals surface area contributed by atoms with E-state index >= 15 is 0 Å². The molecular weight excluding hydrogens is 264 g/mol. The molecule has 0 bridgehead atoms. The number of hydrogen-bond acceptors (Lipinski definition) is 5. The molecule has 0 amide bonds. The summed E-state index contributed by atoms with van der Waals surface area (Å²) in [4.78, 5) is 11.5. The highest BCUT2D eigenvalue weighted by Gasteiger charge is 2.28. The van der Waals surface area contributed by atoms with Crippen LogP contribution in [-0.4, -0.2) is 24.1 Å². The lowest BCUT2D eigenvalue weighted by Gasteiger charge is -2.21. The summed E-state index contributed by atoms with van der Waals surface area (Å²) >= 11 is 0. The second-order valence-electron chi connectivity index (χ2n) is 5.77. The summed E-state index contributed by atoms with van der Waals surface area (Å²) in [5, 5.41) is 3.18. The SMILES string of the molecule is CNc1nc(C2CC2)nc(N(C)Cc2ccc(C)o2)c1C. The smallest absolute Gasteiger partial charge is 0.137 e. The van der Waals surface area contributed by atoms with Gasteiger partial charge in [-0.15, -0.1) is 0 Å². The summed E-state index contributed by atoms with van der Waals surface area (Å²) in [7, 11) is 3.95. The minimum absolute atomic E-state index is 0.538. The van der Waals surface area contributed by atoms with Crippen LogP contribution in [0.25, 0.3) is 0 Å². The molecule has 1 saturated carbocycles. The van der Waals surface area contributed by atoms with Crippen molar-refractivity contribution < 1.29 is 4.42 Å². The Morgan fingerprint density at radius 1 is 1.29 bits per heavy atom. The maximum absolute atomic E-state index is 5.66. The van der Waals surface area contributed by atoms with Gasteiger partial charge in [0.1, 0.15) is 29.0 Å². The van der Waals surface area contributed by atoms with Crippen molar-refractivity contribution in [2.24, 2.45) is 0 Å². The first-order valence-electron chi connectivity index (χ1n) is 7.41. The third kappa shape index (κ3) is 2.86. The average Bonchev–Trinajstić information content (AvgIpc) is 3.23. The standard InChI is InChI=1S/C16H22N4O/c1-10-5-8-13(21-10)9-20(4)16-11(2)14(17-3)18-15(19-16)12-6-7-12/h5,8,12H,6-7,9H2,1-4H3,(H,17,18,19). The molecule has 1 aliphatic rings. The van der Waals surface area contributed by atoms with Crippen LogP contribution in [-0.2, 0) is 6.54 Å². The second-order valence-corrected chi connectivity index (χ2v) is 5.77. The minimum atomic E-state index is 0.538. The average molecular weight is 286 g/mol. The molecule has 0 radical (unpaired) electrons. The van der Waals surface area contributed by atoms with Crippen LogP contribution in [0.4, 0.5) is 11.6 Å². The lowest BCUT2D eigenvalue weighted by Crippen LogP contribution is -2.20. The van der Waals surface area contributed by atoms with Crippen molar-refractivity contribution >= 4 is 11.6 Å². The van der Waals surface area contributed by atoms with Gasteiger partial charge in [0.05, 0.1) is 6.54 Å². The summed E-state index contributed by atoms with van der Waals surface area (Å²) in [6.07, 6.45) is 2.40. The van der Waals surface area contributed by atoms with E-state index in [1.807, 2.05) is 33.2 Å². The van der Waals surface area contributed by atoms with E-state index in [1.165, 1.54) is 12.8 Å². The molecule has 0 unspecified atom stereocenters. The van der Waals surface area contributed by atoms with Crippen LogP contribution in [0.3, 0.4) is 0 Å². The van der Waals surface area contributed by atoms with Crippen molar-refractivity contribution in [3.63, 3.8) is 0 Å². The topological polar surface area (TPSA) is 54.2 Å². The van der Waals surface area contributed by atoms with Crippen molar-refractivity contribution in [1.82, 2.24) is 9.97 Å². The minimum Gasteiger partial charge on any atom is -0.464 e. The van der Waals surface area contributed by atoms with Crippen molar-refractivity contribution in [2.45, 2.75) is 39.2 Å². The number of nitrogens with zero attached hydrogens (tertiary/aromatic N) is 3. The molecule has 2 aromatic heterocycles. The Hall–Kier alpha value is -2.04. The van der Waals surface area contributed by atoms with Crippen LogP contribution in [0.5, 0.6) is 0 Å². The fraction of sp³-hybridized carbons (Fsp3) is 0.500. The maximum Gasteiger partial charge on any atom is 0.137 e. The molecule has 112 valence electrons. The number of aromatic nitrogens is 2. The third-order valence-corrected chi connectivity index (χ3v) is 3.87. The van der Waals surface area contributed by atoms with Crippen LogP contribution < -0.4 is 10.2 Å². The molecule has 0 spiro atoms. The monoisotopic (exact) mass is 286 g/mol. The fourth-order valence-corrected chi connectivity index (χ4v) is 2.54. The zero-order valence-electron chi connectivity index (χ0n) is 13.1. The Labute approximate surface area is 125 Å². The molecule has 5 nitrogen and oxygen atoms in total. The molecule has 0 saturated heterocycles. The number of aryl methyl sites for hydroxylation is 1. The van der Waals surface area contributed by atoms with Gasteiger partial charge in [0, 0.05) is 25.6 Å². The number of nitrogens with one attached hydrogen (secondary N) is 1. The number of hydrogen-bond donors (Lipinski definition) is 1. The van der Waals surface area contributed by atoms with E-state index in [-0.39, 0.29) is 0 Å². The van der Waals surface area contributed by atoms with Crippen LogP contribution in [0.1, 0.15) is 41.7 Å². The molecule has 0 aliphatic heterocycles. The van der Waals surface area contributed by atoms with Gasteiger partial charge in [-0.25, -0.2) is 9.97 Å². The Bertz CT molecular complexity index is 646. The molecule has 1 aliphatic carbocycles. The highest BCUT2D eigenvalue weighted by molar-refractivity contribution is 5.58. The van der Waals surface area contributed by atoms with Crippen LogP contribution in [0, 0.1) is 13.8 Å². The molecular formula is C16H22N4O.